The van der Waals surface area contributed by atoms with E-state index in [1.165, 1.54) is 103 Å². The molecule has 0 bridgehead atoms. The van der Waals surface area contributed by atoms with Crippen molar-refractivity contribution in [2.24, 2.45) is 0 Å². The van der Waals surface area contributed by atoms with Crippen LogP contribution in [0.15, 0.2) is 109 Å². The van der Waals surface area contributed by atoms with Crippen molar-refractivity contribution < 1.29 is 28.6 Å². The molecule has 0 heterocycles. The molecular weight excluding hydrogens is 829 g/mol. The van der Waals surface area contributed by atoms with E-state index in [0.717, 1.165) is 83.5 Å². The molecule has 0 saturated heterocycles. The van der Waals surface area contributed by atoms with Crippen molar-refractivity contribution in [3.63, 3.8) is 0 Å². The van der Waals surface area contributed by atoms with E-state index in [2.05, 4.69) is 130 Å². The Kier molecular flexibility index (Phi) is 51.5. The van der Waals surface area contributed by atoms with Gasteiger partial charge >= 0.3 is 17.9 Å². The van der Waals surface area contributed by atoms with Crippen molar-refractivity contribution in [1.29, 1.82) is 0 Å². The average Bonchev–Trinajstić information content (AvgIpc) is 3.33. The molecule has 0 N–H and O–H groups in total. The summed E-state index contributed by atoms with van der Waals surface area (Å²) in [5.41, 5.74) is 0. The van der Waals surface area contributed by atoms with E-state index in [4.69, 9.17) is 14.2 Å². The van der Waals surface area contributed by atoms with Crippen molar-refractivity contribution in [3.8, 4) is 0 Å². The Labute approximate surface area is 412 Å². The number of ether oxygens (including phenoxy) is 3. The highest BCUT2D eigenvalue weighted by atomic mass is 16.6. The number of allylic oxidation sites excluding steroid dienone is 18. The molecular formula is C61H100O6. The van der Waals surface area contributed by atoms with Gasteiger partial charge in [-0.3, -0.25) is 14.4 Å². The average molecular weight is 929 g/mol. The number of unbranched alkanes of at least 4 members (excludes halogenated alkanes) is 19. The quantitative estimate of drug-likeness (QED) is 0.0262. The van der Waals surface area contributed by atoms with Crippen LogP contribution in [0.25, 0.3) is 0 Å². The third-order valence-electron chi connectivity index (χ3n) is 11.2. The standard InChI is InChI=1S/C61H100O6/c1-4-7-10-13-16-19-22-25-28-30-33-35-38-41-44-47-50-53-59(62)65-56-58(67-61(64)55-52-49-46-43-40-37-32-27-24-21-18-15-12-9-6-3)57-66-60(63)54-51-48-45-42-39-36-34-31-29-26-23-20-17-14-11-8-5-2/h16-17,19-20,25-29,32-36,41-42,44-45,58H,4-15,18,21-24,30-31,37-40,43,46-57H2,1-3H3. The summed E-state index contributed by atoms with van der Waals surface area (Å²) >= 11 is 0. The minimum Gasteiger partial charge on any atom is -0.462 e. The molecule has 0 spiro atoms. The molecule has 0 aromatic rings. The van der Waals surface area contributed by atoms with Crippen molar-refractivity contribution in [2.75, 3.05) is 13.2 Å². The first-order chi connectivity index (χ1) is 33.0. The van der Waals surface area contributed by atoms with Gasteiger partial charge in [-0.1, -0.05) is 207 Å². The first-order valence-electron chi connectivity index (χ1n) is 27.4. The predicted molar refractivity (Wildman–Crippen MR) is 288 cm³/mol. The Bertz CT molecular complexity index is 1310. The minimum atomic E-state index is -0.828. The number of esters is 3. The van der Waals surface area contributed by atoms with Crippen LogP contribution in [-0.2, 0) is 28.6 Å². The fourth-order valence-electron chi connectivity index (χ4n) is 7.07. The van der Waals surface area contributed by atoms with Crippen molar-refractivity contribution in [3.05, 3.63) is 109 Å². The lowest BCUT2D eigenvalue weighted by Gasteiger charge is -2.18. The van der Waals surface area contributed by atoms with Gasteiger partial charge in [-0.05, 0) is 122 Å². The highest BCUT2D eigenvalue weighted by Crippen LogP contribution is 2.12. The summed E-state index contributed by atoms with van der Waals surface area (Å²) in [6.45, 7) is 6.47. The Hall–Kier alpha value is -3.93. The number of hydrogen-bond acceptors (Lipinski definition) is 6. The monoisotopic (exact) mass is 929 g/mol. The Morgan fingerprint density at radius 2 is 0.552 bits per heavy atom. The maximum atomic E-state index is 12.8. The van der Waals surface area contributed by atoms with Crippen LogP contribution in [0.3, 0.4) is 0 Å². The molecule has 0 rings (SSSR count). The van der Waals surface area contributed by atoms with Gasteiger partial charge in [0, 0.05) is 19.3 Å². The molecule has 0 aromatic heterocycles. The minimum absolute atomic E-state index is 0.128. The first kappa shape index (κ1) is 63.1. The van der Waals surface area contributed by atoms with E-state index in [9.17, 15) is 14.4 Å². The summed E-state index contributed by atoms with van der Waals surface area (Å²) in [5, 5.41) is 0. The lowest BCUT2D eigenvalue weighted by atomic mass is 10.1. The largest absolute Gasteiger partial charge is 0.462 e. The Morgan fingerprint density at radius 1 is 0.299 bits per heavy atom. The lowest BCUT2D eigenvalue weighted by molar-refractivity contribution is -0.167. The zero-order valence-corrected chi connectivity index (χ0v) is 43.4. The molecule has 6 heteroatoms. The number of carbonyl (C=O) groups excluding carboxylic acids is 3. The summed E-state index contributed by atoms with van der Waals surface area (Å²) in [6, 6.07) is 0. The smallest absolute Gasteiger partial charge is 0.306 e. The van der Waals surface area contributed by atoms with Crippen LogP contribution in [0.1, 0.15) is 239 Å². The van der Waals surface area contributed by atoms with E-state index < -0.39 is 6.10 Å². The number of carbonyl (C=O) groups is 3. The van der Waals surface area contributed by atoms with E-state index >= 15 is 0 Å². The molecule has 0 aliphatic heterocycles. The zero-order chi connectivity index (χ0) is 48.6. The molecule has 0 aromatic carbocycles. The summed E-state index contributed by atoms with van der Waals surface area (Å²) in [4.78, 5) is 38.0. The van der Waals surface area contributed by atoms with Crippen LogP contribution in [0, 0.1) is 0 Å². The van der Waals surface area contributed by atoms with Crippen LogP contribution >= 0.6 is 0 Å². The van der Waals surface area contributed by atoms with Gasteiger partial charge in [0.05, 0.1) is 0 Å². The van der Waals surface area contributed by atoms with Crippen molar-refractivity contribution in [2.45, 2.75) is 245 Å². The maximum absolute atomic E-state index is 12.8. The molecule has 0 aliphatic carbocycles. The highest BCUT2D eigenvalue weighted by Gasteiger charge is 2.19. The zero-order valence-electron chi connectivity index (χ0n) is 43.4. The normalized spacial score (nSPS) is 12.9. The van der Waals surface area contributed by atoms with Crippen molar-refractivity contribution >= 4 is 17.9 Å². The second-order valence-electron chi connectivity index (χ2n) is 17.8. The van der Waals surface area contributed by atoms with Gasteiger partial charge in [-0.15, -0.1) is 0 Å². The van der Waals surface area contributed by atoms with E-state index in [-0.39, 0.29) is 44.0 Å². The van der Waals surface area contributed by atoms with Gasteiger partial charge in [0.1, 0.15) is 13.2 Å². The van der Waals surface area contributed by atoms with Gasteiger partial charge in [0.25, 0.3) is 0 Å². The molecule has 0 aliphatic rings. The SMILES string of the molecule is CCCCCC=CCC=CCC=CCC=CCCCC(=O)OCC(COC(=O)CCCC=CCC=CCC=CCC=CCCCCC)OC(=O)CCCCCCCC=CCCCCCCCC. The molecule has 6 nitrogen and oxygen atoms in total. The van der Waals surface area contributed by atoms with Gasteiger partial charge in [0.15, 0.2) is 6.10 Å². The molecule has 0 atom stereocenters. The third-order valence-corrected chi connectivity index (χ3v) is 11.2. The molecule has 0 radical (unpaired) electrons. The van der Waals surface area contributed by atoms with Crippen LogP contribution in [0.2, 0.25) is 0 Å². The maximum Gasteiger partial charge on any atom is 0.306 e. The van der Waals surface area contributed by atoms with E-state index in [1.54, 1.807) is 0 Å². The molecule has 380 valence electrons. The fraction of sp³-hybridized carbons (Fsp3) is 0.656. The molecule has 0 saturated carbocycles. The lowest BCUT2D eigenvalue weighted by Crippen LogP contribution is -2.30. The van der Waals surface area contributed by atoms with Gasteiger partial charge in [-0.2, -0.15) is 0 Å². The fourth-order valence-corrected chi connectivity index (χ4v) is 7.07. The van der Waals surface area contributed by atoms with Gasteiger partial charge < -0.3 is 14.2 Å². The first-order valence-corrected chi connectivity index (χ1v) is 27.4. The van der Waals surface area contributed by atoms with Crippen molar-refractivity contribution in [1.82, 2.24) is 0 Å². The summed E-state index contributed by atoms with van der Waals surface area (Å²) in [7, 11) is 0. The Balaban J connectivity index is 4.58. The van der Waals surface area contributed by atoms with E-state index in [0.29, 0.717) is 19.3 Å². The van der Waals surface area contributed by atoms with Gasteiger partial charge in [-0.25, -0.2) is 0 Å². The van der Waals surface area contributed by atoms with E-state index in [1.807, 2.05) is 0 Å². The summed E-state index contributed by atoms with van der Waals surface area (Å²) < 4.78 is 16.7. The summed E-state index contributed by atoms with van der Waals surface area (Å²) in [6.07, 6.45) is 73.7. The number of rotatable bonds is 48. The van der Waals surface area contributed by atoms with Gasteiger partial charge in [0.2, 0.25) is 0 Å². The molecule has 0 fully saturated rings. The topological polar surface area (TPSA) is 78.9 Å². The molecule has 67 heavy (non-hydrogen) atoms. The summed E-state index contributed by atoms with van der Waals surface area (Å²) in [5.74, 6) is -1.05. The predicted octanol–water partition coefficient (Wildman–Crippen LogP) is 18.3. The van der Waals surface area contributed by atoms with Crippen LogP contribution in [0.4, 0.5) is 0 Å². The van der Waals surface area contributed by atoms with Crippen LogP contribution in [-0.4, -0.2) is 37.2 Å². The number of hydrogen-bond donors (Lipinski definition) is 0. The second-order valence-corrected chi connectivity index (χ2v) is 17.8. The van der Waals surface area contributed by atoms with Crippen LogP contribution in [0.5, 0.6) is 0 Å². The van der Waals surface area contributed by atoms with Crippen LogP contribution < -0.4 is 0 Å². The molecule has 0 amide bonds. The highest BCUT2D eigenvalue weighted by molar-refractivity contribution is 5.71. The Morgan fingerprint density at radius 3 is 0.925 bits per heavy atom. The third kappa shape index (κ3) is 52.9. The second kappa shape index (κ2) is 54.7. The molecule has 0 unspecified atom stereocenters.